The Bertz CT molecular complexity index is 507. The number of nitrogens with zero attached hydrogens (tertiary/aromatic N) is 1. The van der Waals surface area contributed by atoms with Crippen LogP contribution in [0.5, 0.6) is 0 Å². The number of piperazine rings is 1. The summed E-state index contributed by atoms with van der Waals surface area (Å²) < 4.78 is 0.629. The molecule has 6 heteroatoms. The van der Waals surface area contributed by atoms with Crippen LogP contribution in [0.1, 0.15) is 13.3 Å². The van der Waals surface area contributed by atoms with Crippen LogP contribution in [0.3, 0.4) is 0 Å². The lowest BCUT2D eigenvalue weighted by Gasteiger charge is -2.32. The lowest BCUT2D eigenvalue weighted by atomic mass is 10.1. The minimum Gasteiger partial charge on any atom is -0.343 e. The van der Waals surface area contributed by atoms with Gasteiger partial charge in [0.25, 0.3) is 0 Å². The van der Waals surface area contributed by atoms with Gasteiger partial charge in [0.1, 0.15) is 12.6 Å². The Labute approximate surface area is 118 Å². The summed E-state index contributed by atoms with van der Waals surface area (Å²) in [4.78, 5) is 25.3. The van der Waals surface area contributed by atoms with Crippen molar-refractivity contribution >= 4 is 45.0 Å². The predicted molar refractivity (Wildman–Crippen MR) is 73.7 cm³/mol. The molecule has 1 saturated heterocycles. The Balaban J connectivity index is 2.39. The summed E-state index contributed by atoms with van der Waals surface area (Å²) in [5, 5.41) is 3.18. The van der Waals surface area contributed by atoms with Crippen LogP contribution in [0, 0.1) is 0 Å². The van der Waals surface area contributed by atoms with Gasteiger partial charge in [-0.05, 0) is 34.5 Å². The average molecular weight is 332 g/mol. The van der Waals surface area contributed by atoms with Gasteiger partial charge in [-0.3, -0.25) is 9.59 Å². The molecule has 0 aliphatic carbocycles. The highest BCUT2D eigenvalue weighted by Crippen LogP contribution is 2.33. The number of rotatable bonds is 2. The van der Waals surface area contributed by atoms with Crippen molar-refractivity contribution in [2.24, 2.45) is 0 Å². The van der Waals surface area contributed by atoms with E-state index in [9.17, 15) is 9.59 Å². The molecular weight excluding hydrogens is 320 g/mol. The highest BCUT2D eigenvalue weighted by Gasteiger charge is 2.33. The van der Waals surface area contributed by atoms with Crippen LogP contribution in [0.2, 0.25) is 5.02 Å². The number of halogens is 2. The van der Waals surface area contributed by atoms with Crippen molar-refractivity contribution in [1.82, 2.24) is 5.32 Å². The smallest absolute Gasteiger partial charge is 0.250 e. The minimum atomic E-state index is -0.461. The number of anilines is 1. The molecule has 2 amide bonds. The van der Waals surface area contributed by atoms with E-state index in [-0.39, 0.29) is 18.4 Å². The molecule has 0 aromatic heterocycles. The Kier molecular flexibility index (Phi) is 3.92. The fraction of sp³-hybridized carbons (Fsp3) is 0.333. The first-order valence-electron chi connectivity index (χ1n) is 5.59. The van der Waals surface area contributed by atoms with Crippen molar-refractivity contribution in [2.45, 2.75) is 19.4 Å². The first kappa shape index (κ1) is 13.4. The second-order valence-corrected chi connectivity index (χ2v) is 5.23. The quantitative estimate of drug-likeness (QED) is 0.904. The highest BCUT2D eigenvalue weighted by molar-refractivity contribution is 9.10. The van der Waals surface area contributed by atoms with Gasteiger partial charge in [0, 0.05) is 0 Å². The van der Waals surface area contributed by atoms with Crippen molar-refractivity contribution in [2.75, 3.05) is 11.4 Å². The molecule has 2 rings (SSSR count). The zero-order valence-electron chi connectivity index (χ0n) is 9.74. The van der Waals surface area contributed by atoms with Gasteiger partial charge in [-0.1, -0.05) is 24.6 Å². The monoisotopic (exact) mass is 330 g/mol. The van der Waals surface area contributed by atoms with E-state index in [1.165, 1.54) is 4.90 Å². The first-order chi connectivity index (χ1) is 8.54. The fourth-order valence-corrected chi connectivity index (χ4v) is 2.54. The van der Waals surface area contributed by atoms with Gasteiger partial charge in [-0.25, -0.2) is 0 Å². The van der Waals surface area contributed by atoms with Crippen molar-refractivity contribution in [3.8, 4) is 0 Å². The van der Waals surface area contributed by atoms with Crippen LogP contribution in [-0.2, 0) is 9.59 Å². The second kappa shape index (κ2) is 5.28. The molecule has 1 aromatic rings. The fourth-order valence-electron chi connectivity index (χ4n) is 1.89. The highest BCUT2D eigenvalue weighted by atomic mass is 79.9. The molecular formula is C12H12BrClN2O2. The van der Waals surface area contributed by atoms with E-state index in [4.69, 9.17) is 11.6 Å². The van der Waals surface area contributed by atoms with Crippen LogP contribution >= 0.6 is 27.5 Å². The van der Waals surface area contributed by atoms with Crippen LogP contribution in [0.4, 0.5) is 5.69 Å². The van der Waals surface area contributed by atoms with E-state index in [1.54, 1.807) is 18.2 Å². The summed E-state index contributed by atoms with van der Waals surface area (Å²) in [6.45, 7) is 1.88. The molecule has 18 heavy (non-hydrogen) atoms. The third-order valence-corrected chi connectivity index (χ3v) is 4.21. The standard InChI is InChI=1S/C12H12BrClN2O2/c1-2-8-12(18)16(6-10(17)15-8)9-5-3-4-7(14)11(9)13/h3-5,8H,2,6H2,1H3,(H,15,17). The SMILES string of the molecule is CCC1NC(=O)CN(c2cccc(Cl)c2Br)C1=O. The summed E-state index contributed by atoms with van der Waals surface area (Å²) in [5.74, 6) is -0.270. The van der Waals surface area contributed by atoms with Gasteiger partial charge in [0.05, 0.1) is 15.2 Å². The summed E-state index contributed by atoms with van der Waals surface area (Å²) in [5.41, 5.74) is 0.626. The van der Waals surface area contributed by atoms with E-state index in [0.717, 1.165) is 0 Å². The van der Waals surface area contributed by atoms with Crippen molar-refractivity contribution in [3.63, 3.8) is 0 Å². The molecule has 4 nitrogen and oxygen atoms in total. The van der Waals surface area contributed by atoms with Crippen LogP contribution in [0.15, 0.2) is 22.7 Å². The van der Waals surface area contributed by atoms with Gasteiger partial charge < -0.3 is 10.2 Å². The molecule has 1 aliphatic heterocycles. The van der Waals surface area contributed by atoms with Crippen molar-refractivity contribution in [1.29, 1.82) is 0 Å². The zero-order chi connectivity index (χ0) is 13.3. The summed E-state index contributed by atoms with van der Waals surface area (Å²) in [6.07, 6.45) is 0.569. The molecule has 1 unspecified atom stereocenters. The summed E-state index contributed by atoms with van der Waals surface area (Å²) in [7, 11) is 0. The molecule has 1 aromatic carbocycles. The molecule has 1 fully saturated rings. The maximum atomic E-state index is 12.2. The first-order valence-corrected chi connectivity index (χ1v) is 6.76. The van der Waals surface area contributed by atoms with Gasteiger partial charge in [0.2, 0.25) is 11.8 Å². The number of carbonyl (C=O) groups is 2. The second-order valence-electron chi connectivity index (χ2n) is 4.03. The summed E-state index contributed by atoms with van der Waals surface area (Å²) >= 11 is 9.35. The molecule has 0 spiro atoms. The lowest BCUT2D eigenvalue weighted by molar-refractivity contribution is -0.131. The van der Waals surface area contributed by atoms with Gasteiger partial charge in [-0.15, -0.1) is 0 Å². The molecule has 0 bridgehead atoms. The Morgan fingerprint density at radius 3 is 2.89 bits per heavy atom. The number of hydrogen-bond acceptors (Lipinski definition) is 2. The van der Waals surface area contributed by atoms with E-state index >= 15 is 0 Å². The maximum absolute atomic E-state index is 12.2. The Hall–Kier alpha value is -1.07. The molecule has 0 radical (unpaired) electrons. The van der Waals surface area contributed by atoms with Crippen molar-refractivity contribution < 1.29 is 9.59 Å². The predicted octanol–water partition coefficient (Wildman–Crippen LogP) is 2.34. The molecule has 1 atom stereocenters. The number of benzene rings is 1. The van der Waals surface area contributed by atoms with E-state index in [1.807, 2.05) is 6.92 Å². The van der Waals surface area contributed by atoms with E-state index in [2.05, 4.69) is 21.2 Å². The number of carbonyl (C=O) groups excluding carboxylic acids is 2. The largest absolute Gasteiger partial charge is 0.343 e. The normalized spacial score (nSPS) is 19.9. The Morgan fingerprint density at radius 1 is 1.50 bits per heavy atom. The van der Waals surface area contributed by atoms with E-state index in [0.29, 0.717) is 21.6 Å². The van der Waals surface area contributed by atoms with Gasteiger partial charge in [-0.2, -0.15) is 0 Å². The molecule has 1 N–H and O–H groups in total. The summed E-state index contributed by atoms with van der Waals surface area (Å²) in [6, 6.07) is 4.78. The topological polar surface area (TPSA) is 49.4 Å². The molecule has 1 aliphatic rings. The lowest BCUT2D eigenvalue weighted by Crippen LogP contribution is -2.58. The maximum Gasteiger partial charge on any atom is 0.250 e. The molecule has 1 heterocycles. The third kappa shape index (κ3) is 2.37. The van der Waals surface area contributed by atoms with E-state index < -0.39 is 6.04 Å². The average Bonchev–Trinajstić information content (AvgIpc) is 2.35. The zero-order valence-corrected chi connectivity index (χ0v) is 12.1. The van der Waals surface area contributed by atoms with Crippen LogP contribution in [0.25, 0.3) is 0 Å². The van der Waals surface area contributed by atoms with Gasteiger partial charge in [0.15, 0.2) is 0 Å². The van der Waals surface area contributed by atoms with Crippen molar-refractivity contribution in [3.05, 3.63) is 27.7 Å². The number of amides is 2. The number of hydrogen-bond donors (Lipinski definition) is 1. The molecule has 96 valence electrons. The van der Waals surface area contributed by atoms with Crippen LogP contribution < -0.4 is 10.2 Å². The Morgan fingerprint density at radius 2 is 2.22 bits per heavy atom. The van der Waals surface area contributed by atoms with Gasteiger partial charge >= 0.3 is 0 Å². The van der Waals surface area contributed by atoms with Crippen LogP contribution in [-0.4, -0.2) is 24.4 Å². The third-order valence-electron chi connectivity index (χ3n) is 2.83. The molecule has 0 saturated carbocycles. The number of nitrogens with one attached hydrogen (secondary N) is 1. The minimum absolute atomic E-state index is 0.0221.